The third kappa shape index (κ3) is 6.96. The lowest BCUT2D eigenvalue weighted by molar-refractivity contribution is -0.0380. The van der Waals surface area contributed by atoms with E-state index in [0.717, 1.165) is 40.9 Å². The molecule has 1 N–H and O–H groups in total. The molecule has 0 aliphatic heterocycles. The quantitative estimate of drug-likeness (QED) is 0.327. The maximum Gasteiger partial charge on any atom is 0.251 e. The number of benzene rings is 1. The molecule has 37 heavy (non-hydrogen) atoms. The van der Waals surface area contributed by atoms with Crippen LogP contribution in [-0.2, 0) is 19.4 Å². The number of allylic oxidation sites excluding steroid dienone is 2. The SMILES string of the molecule is C=CCCc1cc(C)nc(OC)c1CNC(=O)c1cccc(N(CC)C2CCC(F)(F)CC2)c1CC=C. The lowest BCUT2D eigenvalue weighted by Gasteiger charge is -2.39. The molecule has 1 aliphatic carbocycles. The van der Waals surface area contributed by atoms with Crippen LogP contribution >= 0.6 is 0 Å². The highest BCUT2D eigenvalue weighted by molar-refractivity contribution is 5.97. The van der Waals surface area contributed by atoms with Crippen molar-refractivity contribution >= 4 is 11.6 Å². The maximum absolute atomic E-state index is 13.8. The second-order valence-electron chi connectivity index (χ2n) is 9.59. The standard InChI is InChI=1S/C30H39F2N3O2/c1-6-9-12-22-19-21(4)34-29(37-5)26(22)20-33-28(36)25-13-10-14-27(24(25)11-7-2)35(8-3)23-15-17-30(31,32)18-16-23/h6-7,10,13-14,19,23H,1-2,8-9,11-12,15-18,20H2,3-5H3,(H,33,36). The highest BCUT2D eigenvalue weighted by Crippen LogP contribution is 2.38. The molecule has 3 rings (SSSR count). The Morgan fingerprint density at radius 1 is 1.24 bits per heavy atom. The van der Waals surface area contributed by atoms with Gasteiger partial charge in [0.2, 0.25) is 11.8 Å². The van der Waals surface area contributed by atoms with Crippen molar-refractivity contribution in [2.45, 2.75) is 77.3 Å². The van der Waals surface area contributed by atoms with Gasteiger partial charge >= 0.3 is 0 Å². The predicted molar refractivity (Wildman–Crippen MR) is 146 cm³/mol. The number of methoxy groups -OCH3 is 1. The summed E-state index contributed by atoms with van der Waals surface area (Å²) in [6.45, 7) is 12.6. The molecule has 5 nitrogen and oxygen atoms in total. The summed E-state index contributed by atoms with van der Waals surface area (Å²) >= 11 is 0. The van der Waals surface area contributed by atoms with Crippen molar-refractivity contribution in [2.75, 3.05) is 18.6 Å². The van der Waals surface area contributed by atoms with E-state index in [9.17, 15) is 13.6 Å². The summed E-state index contributed by atoms with van der Waals surface area (Å²) in [4.78, 5) is 20.2. The van der Waals surface area contributed by atoms with Crippen molar-refractivity contribution in [1.82, 2.24) is 10.3 Å². The highest BCUT2D eigenvalue weighted by Gasteiger charge is 2.37. The number of nitrogens with zero attached hydrogens (tertiary/aromatic N) is 2. The number of halogens is 2. The van der Waals surface area contributed by atoms with E-state index in [0.29, 0.717) is 37.3 Å². The molecule has 1 fully saturated rings. The summed E-state index contributed by atoms with van der Waals surface area (Å²) in [6, 6.07) is 7.68. The summed E-state index contributed by atoms with van der Waals surface area (Å²) in [6.07, 6.45) is 6.37. The van der Waals surface area contributed by atoms with Gasteiger partial charge in [0, 0.05) is 54.5 Å². The number of rotatable bonds is 12. The van der Waals surface area contributed by atoms with Crippen LogP contribution in [0.25, 0.3) is 0 Å². The number of aryl methyl sites for hydroxylation is 2. The van der Waals surface area contributed by atoms with Gasteiger partial charge in [-0.3, -0.25) is 4.79 Å². The molecule has 0 spiro atoms. The number of ether oxygens (including phenoxy) is 1. The molecule has 0 atom stereocenters. The number of alkyl halides is 2. The smallest absolute Gasteiger partial charge is 0.251 e. The first kappa shape index (κ1) is 28.4. The van der Waals surface area contributed by atoms with E-state index in [1.165, 1.54) is 0 Å². The van der Waals surface area contributed by atoms with Gasteiger partial charge in [-0.15, -0.1) is 13.2 Å². The zero-order chi connectivity index (χ0) is 27.0. The zero-order valence-corrected chi connectivity index (χ0v) is 22.3. The van der Waals surface area contributed by atoms with Gasteiger partial charge in [-0.2, -0.15) is 0 Å². The van der Waals surface area contributed by atoms with Crippen LogP contribution < -0.4 is 15.0 Å². The zero-order valence-electron chi connectivity index (χ0n) is 22.3. The first-order valence-electron chi connectivity index (χ1n) is 13.0. The molecule has 200 valence electrons. The van der Waals surface area contributed by atoms with E-state index >= 15 is 0 Å². The lowest BCUT2D eigenvalue weighted by Crippen LogP contribution is -2.41. The van der Waals surface area contributed by atoms with Crippen LogP contribution in [0, 0.1) is 6.92 Å². The molecule has 1 aromatic carbocycles. The summed E-state index contributed by atoms with van der Waals surface area (Å²) < 4.78 is 33.2. The molecule has 7 heteroatoms. The highest BCUT2D eigenvalue weighted by atomic mass is 19.3. The third-order valence-corrected chi connectivity index (χ3v) is 7.07. The Morgan fingerprint density at radius 2 is 1.97 bits per heavy atom. The van der Waals surface area contributed by atoms with E-state index in [2.05, 4.69) is 28.4 Å². The van der Waals surface area contributed by atoms with Gasteiger partial charge in [0.15, 0.2) is 0 Å². The molecule has 1 heterocycles. The van der Waals surface area contributed by atoms with Crippen molar-refractivity contribution < 1.29 is 18.3 Å². The first-order valence-corrected chi connectivity index (χ1v) is 13.0. The number of carbonyl (C=O) groups excluding carboxylic acids is 1. The molecule has 1 amide bonds. The number of amides is 1. The molecular weight excluding hydrogens is 472 g/mol. The van der Waals surface area contributed by atoms with Gasteiger partial charge in [0.25, 0.3) is 5.91 Å². The van der Waals surface area contributed by atoms with Crippen LogP contribution in [0.2, 0.25) is 0 Å². The van der Waals surface area contributed by atoms with Crippen molar-refractivity contribution in [3.05, 3.63) is 77.5 Å². The van der Waals surface area contributed by atoms with Gasteiger partial charge in [-0.05, 0) is 75.3 Å². The van der Waals surface area contributed by atoms with Crippen LogP contribution in [0.15, 0.2) is 49.6 Å². The topological polar surface area (TPSA) is 54.5 Å². The van der Waals surface area contributed by atoms with Crippen molar-refractivity contribution in [1.29, 1.82) is 0 Å². The minimum Gasteiger partial charge on any atom is -0.481 e. The molecule has 0 saturated heterocycles. The lowest BCUT2D eigenvalue weighted by atomic mass is 9.90. The summed E-state index contributed by atoms with van der Waals surface area (Å²) in [5.74, 6) is -2.29. The van der Waals surface area contributed by atoms with Gasteiger partial charge in [0.1, 0.15) is 0 Å². The van der Waals surface area contributed by atoms with Gasteiger partial charge in [-0.1, -0.05) is 18.2 Å². The van der Waals surface area contributed by atoms with Crippen LogP contribution in [0.4, 0.5) is 14.5 Å². The molecule has 2 aromatic rings. The maximum atomic E-state index is 13.8. The second kappa shape index (κ2) is 12.8. The van der Waals surface area contributed by atoms with E-state index in [1.54, 1.807) is 13.2 Å². The van der Waals surface area contributed by atoms with Gasteiger partial charge < -0.3 is 15.0 Å². The van der Waals surface area contributed by atoms with Crippen molar-refractivity contribution in [3.63, 3.8) is 0 Å². The monoisotopic (exact) mass is 511 g/mol. The number of anilines is 1. The second-order valence-corrected chi connectivity index (χ2v) is 9.59. The fourth-order valence-corrected chi connectivity index (χ4v) is 5.22. The van der Waals surface area contributed by atoms with Crippen molar-refractivity contribution in [2.24, 2.45) is 0 Å². The number of pyridine rings is 1. The van der Waals surface area contributed by atoms with E-state index < -0.39 is 5.92 Å². The van der Waals surface area contributed by atoms with E-state index in [1.807, 2.05) is 44.2 Å². The number of hydrogen-bond acceptors (Lipinski definition) is 4. The van der Waals surface area contributed by atoms with Crippen LogP contribution in [0.3, 0.4) is 0 Å². The van der Waals surface area contributed by atoms with Gasteiger partial charge in [0.05, 0.1) is 7.11 Å². The molecular formula is C30H39F2N3O2. The minimum atomic E-state index is -2.59. The molecule has 1 aromatic heterocycles. The molecule has 0 radical (unpaired) electrons. The van der Waals surface area contributed by atoms with Crippen molar-refractivity contribution in [3.8, 4) is 5.88 Å². The number of hydrogen-bond donors (Lipinski definition) is 1. The molecule has 1 aliphatic rings. The predicted octanol–water partition coefficient (Wildman–Crippen LogP) is 6.58. The average Bonchev–Trinajstić information content (AvgIpc) is 2.88. The van der Waals surface area contributed by atoms with Crippen LogP contribution in [0.1, 0.15) is 71.8 Å². The summed E-state index contributed by atoms with van der Waals surface area (Å²) in [5.41, 5.74) is 5.09. The Balaban J connectivity index is 1.88. The Bertz CT molecular complexity index is 1110. The van der Waals surface area contributed by atoms with E-state index in [4.69, 9.17) is 4.74 Å². The fourth-order valence-electron chi connectivity index (χ4n) is 5.22. The molecule has 0 unspecified atom stereocenters. The Labute approximate surface area is 219 Å². The Morgan fingerprint density at radius 3 is 2.59 bits per heavy atom. The largest absolute Gasteiger partial charge is 0.481 e. The number of nitrogens with one attached hydrogen (secondary N) is 1. The molecule has 1 saturated carbocycles. The number of carbonyl (C=O) groups is 1. The normalized spacial score (nSPS) is 15.2. The third-order valence-electron chi connectivity index (χ3n) is 7.07. The summed E-state index contributed by atoms with van der Waals surface area (Å²) in [7, 11) is 1.58. The van der Waals surface area contributed by atoms with Gasteiger partial charge in [-0.25, -0.2) is 13.8 Å². The fraction of sp³-hybridized carbons (Fsp3) is 0.467. The van der Waals surface area contributed by atoms with E-state index in [-0.39, 0.29) is 31.3 Å². The van der Waals surface area contributed by atoms with Crippen LogP contribution in [-0.4, -0.2) is 36.5 Å². The Kier molecular flexibility index (Phi) is 9.84. The minimum absolute atomic E-state index is 0.0156. The Hall–Kier alpha value is -3.22. The first-order chi connectivity index (χ1) is 17.7. The molecule has 0 bridgehead atoms. The average molecular weight is 512 g/mol. The summed E-state index contributed by atoms with van der Waals surface area (Å²) in [5, 5.41) is 3.06. The number of aromatic nitrogens is 1. The van der Waals surface area contributed by atoms with Crippen LogP contribution in [0.5, 0.6) is 5.88 Å².